The predicted octanol–water partition coefficient (Wildman–Crippen LogP) is 5.19. The van der Waals surface area contributed by atoms with Gasteiger partial charge in [-0.3, -0.25) is 5.10 Å². The highest BCUT2D eigenvalue weighted by molar-refractivity contribution is 7.71. The first kappa shape index (κ1) is 18.4. The molecule has 0 aliphatic carbocycles. The van der Waals surface area contributed by atoms with Gasteiger partial charge >= 0.3 is 0 Å². The summed E-state index contributed by atoms with van der Waals surface area (Å²) in [5.74, 6) is 2.15. The summed E-state index contributed by atoms with van der Waals surface area (Å²) in [7, 11) is 0. The van der Waals surface area contributed by atoms with E-state index >= 15 is 0 Å². The Balaban J connectivity index is 1.73. The molecule has 26 heavy (non-hydrogen) atoms. The van der Waals surface area contributed by atoms with Crippen molar-refractivity contribution in [3.05, 3.63) is 75.8 Å². The Kier molecular flexibility index (Phi) is 5.89. The van der Waals surface area contributed by atoms with Gasteiger partial charge in [0.05, 0.1) is 0 Å². The average molecular weight is 368 g/mol. The van der Waals surface area contributed by atoms with Gasteiger partial charge < -0.3 is 9.30 Å². The second-order valence-corrected chi connectivity index (χ2v) is 7.20. The Morgan fingerprint density at radius 3 is 2.65 bits per heavy atom. The lowest BCUT2D eigenvalue weighted by Gasteiger charge is -2.15. The smallest absolute Gasteiger partial charge is 0.195 e. The number of ether oxygens (including phenoxy) is 1. The van der Waals surface area contributed by atoms with E-state index in [9.17, 15) is 0 Å². The fraction of sp³-hybridized carbons (Fsp3) is 0.333. The second kappa shape index (κ2) is 8.32. The fourth-order valence-corrected chi connectivity index (χ4v) is 3.20. The van der Waals surface area contributed by atoms with Crippen molar-refractivity contribution >= 4 is 12.2 Å². The van der Waals surface area contributed by atoms with Crippen LogP contribution in [0.2, 0.25) is 0 Å². The summed E-state index contributed by atoms with van der Waals surface area (Å²) in [5, 5.41) is 7.26. The summed E-state index contributed by atoms with van der Waals surface area (Å²) in [5.41, 5.74) is 3.68. The van der Waals surface area contributed by atoms with E-state index in [1.165, 1.54) is 16.7 Å². The third-order valence-electron chi connectivity index (χ3n) is 4.45. The number of nitrogens with one attached hydrogen (secondary N) is 1. The molecule has 1 N–H and O–H groups in total. The monoisotopic (exact) mass is 367 g/mol. The Morgan fingerprint density at radius 1 is 1.15 bits per heavy atom. The fourth-order valence-electron chi connectivity index (χ4n) is 2.96. The van der Waals surface area contributed by atoms with Crippen LogP contribution in [0.15, 0.2) is 48.5 Å². The quantitative estimate of drug-likeness (QED) is 0.584. The van der Waals surface area contributed by atoms with Crippen LogP contribution in [0.4, 0.5) is 0 Å². The molecule has 0 aliphatic heterocycles. The third kappa shape index (κ3) is 4.41. The molecule has 1 aromatic heterocycles. The molecule has 1 heterocycles. The number of H-pyrrole nitrogens is 1. The van der Waals surface area contributed by atoms with Gasteiger partial charge in [-0.1, -0.05) is 56.3 Å². The predicted molar refractivity (Wildman–Crippen MR) is 107 cm³/mol. The highest BCUT2D eigenvalue weighted by Crippen LogP contribution is 2.28. The normalized spacial score (nSPS) is 11.1. The minimum atomic E-state index is 0.394. The summed E-state index contributed by atoms with van der Waals surface area (Å²) < 4.78 is 8.78. The first-order chi connectivity index (χ1) is 12.5. The van der Waals surface area contributed by atoms with Gasteiger partial charge in [0.2, 0.25) is 0 Å². The van der Waals surface area contributed by atoms with Crippen LogP contribution in [0.25, 0.3) is 0 Å². The zero-order valence-corrected chi connectivity index (χ0v) is 16.3. The Bertz CT molecular complexity index is 913. The molecule has 2 aromatic carbocycles. The van der Waals surface area contributed by atoms with Crippen molar-refractivity contribution in [1.29, 1.82) is 0 Å². The maximum atomic E-state index is 6.12. The van der Waals surface area contributed by atoms with Crippen molar-refractivity contribution in [3.8, 4) is 5.75 Å². The molecule has 0 atom stereocenters. The van der Waals surface area contributed by atoms with E-state index in [0.29, 0.717) is 17.3 Å². The molecule has 5 heteroatoms. The Hall–Kier alpha value is -2.40. The zero-order valence-electron chi connectivity index (χ0n) is 15.5. The van der Waals surface area contributed by atoms with Crippen LogP contribution in [0.1, 0.15) is 42.3 Å². The minimum absolute atomic E-state index is 0.394. The van der Waals surface area contributed by atoms with Gasteiger partial charge in [0.15, 0.2) is 10.6 Å². The summed E-state index contributed by atoms with van der Waals surface area (Å²) in [4.78, 5) is 0. The molecule has 0 unspecified atom stereocenters. The van der Waals surface area contributed by atoms with Crippen LogP contribution >= 0.6 is 12.2 Å². The lowest BCUT2D eigenvalue weighted by atomic mass is 10.0. The van der Waals surface area contributed by atoms with E-state index < -0.39 is 0 Å². The molecule has 0 saturated carbocycles. The molecule has 0 amide bonds. The van der Waals surface area contributed by atoms with Crippen molar-refractivity contribution in [3.63, 3.8) is 0 Å². The van der Waals surface area contributed by atoms with Crippen LogP contribution in [0.5, 0.6) is 5.75 Å². The minimum Gasteiger partial charge on any atom is -0.485 e. The highest BCUT2D eigenvalue weighted by atomic mass is 32.1. The van der Waals surface area contributed by atoms with Crippen molar-refractivity contribution in [2.24, 2.45) is 0 Å². The summed E-state index contributed by atoms with van der Waals surface area (Å²) >= 11 is 5.40. The number of benzene rings is 2. The largest absolute Gasteiger partial charge is 0.485 e. The molecule has 0 spiro atoms. The standard InChI is InChI=1S/C21H25N3OS/c1-15(2)18-10-9-16(3)13-19(18)25-14-20-22-23-21(26)24(20)12-11-17-7-5-4-6-8-17/h4-10,13,15H,11-12,14H2,1-3H3,(H,23,26). The van der Waals surface area contributed by atoms with Gasteiger partial charge in [-0.25, -0.2) is 0 Å². The van der Waals surface area contributed by atoms with Gasteiger partial charge in [-0.2, -0.15) is 5.10 Å². The molecular formula is C21H25N3OS. The molecule has 4 nitrogen and oxygen atoms in total. The zero-order chi connectivity index (χ0) is 18.5. The van der Waals surface area contributed by atoms with Crippen molar-refractivity contribution in [2.45, 2.75) is 46.3 Å². The summed E-state index contributed by atoms with van der Waals surface area (Å²) in [6, 6.07) is 16.7. The van der Waals surface area contributed by atoms with Crippen molar-refractivity contribution < 1.29 is 4.74 Å². The second-order valence-electron chi connectivity index (χ2n) is 6.82. The van der Waals surface area contributed by atoms with Crippen molar-refractivity contribution in [1.82, 2.24) is 14.8 Å². The van der Waals surface area contributed by atoms with Gasteiger partial charge in [0.1, 0.15) is 12.4 Å². The third-order valence-corrected chi connectivity index (χ3v) is 4.76. The number of nitrogens with zero attached hydrogens (tertiary/aromatic N) is 2. The van der Waals surface area contributed by atoms with Crippen LogP contribution in [-0.4, -0.2) is 14.8 Å². The number of aromatic nitrogens is 3. The molecule has 0 fully saturated rings. The maximum Gasteiger partial charge on any atom is 0.195 e. The van der Waals surface area contributed by atoms with E-state index in [2.05, 4.69) is 73.4 Å². The molecule has 0 saturated heterocycles. The number of hydrogen-bond donors (Lipinski definition) is 1. The first-order valence-corrected chi connectivity index (χ1v) is 9.37. The number of rotatable bonds is 7. The van der Waals surface area contributed by atoms with Crippen molar-refractivity contribution in [2.75, 3.05) is 0 Å². The molecular weight excluding hydrogens is 342 g/mol. The highest BCUT2D eigenvalue weighted by Gasteiger charge is 2.11. The molecule has 0 aliphatic rings. The van der Waals surface area contributed by atoms with Crippen LogP contribution in [-0.2, 0) is 19.6 Å². The van der Waals surface area contributed by atoms with Gasteiger partial charge in [0.25, 0.3) is 0 Å². The lowest BCUT2D eigenvalue weighted by molar-refractivity contribution is 0.284. The molecule has 3 aromatic rings. The van der Waals surface area contributed by atoms with E-state index in [0.717, 1.165) is 24.5 Å². The lowest BCUT2D eigenvalue weighted by Crippen LogP contribution is -2.10. The number of hydrogen-bond acceptors (Lipinski definition) is 3. The Labute approximate surface area is 159 Å². The maximum absolute atomic E-state index is 6.12. The van der Waals surface area contributed by atoms with Gasteiger partial charge in [-0.15, -0.1) is 0 Å². The van der Waals surface area contributed by atoms with Crippen LogP contribution < -0.4 is 4.74 Å². The molecule has 3 rings (SSSR count). The topological polar surface area (TPSA) is 42.8 Å². The number of aryl methyl sites for hydroxylation is 2. The molecule has 0 bridgehead atoms. The van der Waals surface area contributed by atoms with Crippen LogP contribution in [0.3, 0.4) is 0 Å². The van der Waals surface area contributed by atoms with Crippen LogP contribution in [0, 0.1) is 11.7 Å². The van der Waals surface area contributed by atoms with Gasteiger partial charge in [-0.05, 0) is 54.2 Å². The summed E-state index contributed by atoms with van der Waals surface area (Å²) in [6.07, 6.45) is 0.906. The van der Waals surface area contributed by atoms with E-state index in [1.54, 1.807) is 0 Å². The first-order valence-electron chi connectivity index (χ1n) is 8.96. The molecule has 136 valence electrons. The van der Waals surface area contributed by atoms with E-state index in [4.69, 9.17) is 17.0 Å². The van der Waals surface area contributed by atoms with Gasteiger partial charge in [0, 0.05) is 6.54 Å². The van der Waals surface area contributed by atoms with E-state index in [1.807, 2.05) is 10.6 Å². The Morgan fingerprint density at radius 2 is 1.92 bits per heavy atom. The molecule has 0 radical (unpaired) electrons. The SMILES string of the molecule is Cc1ccc(C(C)C)c(OCc2n[nH]c(=S)n2CCc2ccccc2)c1. The van der Waals surface area contributed by atoms with E-state index in [-0.39, 0.29) is 0 Å². The summed E-state index contributed by atoms with van der Waals surface area (Å²) in [6.45, 7) is 7.60. The average Bonchev–Trinajstić information content (AvgIpc) is 2.98. The number of aromatic amines is 1.